The summed E-state index contributed by atoms with van der Waals surface area (Å²) in [6, 6.07) is 6.33. The van der Waals surface area contributed by atoms with Crippen molar-refractivity contribution in [3.63, 3.8) is 0 Å². The minimum absolute atomic E-state index is 0.130. The quantitative estimate of drug-likeness (QED) is 0.910. The number of hydrogen-bond donors (Lipinski definition) is 1. The molecule has 2 rings (SSSR count). The van der Waals surface area contributed by atoms with Crippen LogP contribution in [-0.4, -0.2) is 33.4 Å². The van der Waals surface area contributed by atoms with Crippen molar-refractivity contribution in [2.45, 2.75) is 26.3 Å². The Bertz CT molecular complexity index is 446. The number of benzene rings is 1. The Balaban J connectivity index is 2.23. The maximum atomic E-state index is 6.18. The van der Waals surface area contributed by atoms with Crippen LogP contribution in [0.5, 0.6) is 11.5 Å². The molecule has 1 aromatic rings. The lowest BCUT2D eigenvalue weighted by Gasteiger charge is -2.43. The molecule has 0 aliphatic carbocycles. The predicted molar refractivity (Wildman–Crippen MR) is 78.1 cm³/mol. The Kier molecular flexibility index (Phi) is 3.90. The van der Waals surface area contributed by atoms with Gasteiger partial charge < -0.3 is 20.1 Å². The lowest BCUT2D eigenvalue weighted by Crippen LogP contribution is -2.52. The van der Waals surface area contributed by atoms with E-state index in [1.165, 1.54) is 0 Å². The molecule has 4 heteroatoms. The minimum Gasteiger partial charge on any atom is -0.493 e. The van der Waals surface area contributed by atoms with Crippen molar-refractivity contribution >= 4 is 5.69 Å². The third kappa shape index (κ3) is 2.78. The summed E-state index contributed by atoms with van der Waals surface area (Å²) in [5, 5.41) is 0. The highest BCUT2D eigenvalue weighted by atomic mass is 16.5. The fourth-order valence-electron chi connectivity index (χ4n) is 2.62. The third-order valence-electron chi connectivity index (χ3n) is 4.04. The van der Waals surface area contributed by atoms with Gasteiger partial charge >= 0.3 is 0 Å². The number of hydrogen-bond acceptors (Lipinski definition) is 4. The zero-order valence-corrected chi connectivity index (χ0v) is 12.3. The van der Waals surface area contributed by atoms with Crippen LogP contribution in [0.4, 0.5) is 5.69 Å². The first kappa shape index (κ1) is 14.0. The molecule has 1 saturated heterocycles. The number of nitrogens with zero attached hydrogens (tertiary/aromatic N) is 1. The van der Waals surface area contributed by atoms with Crippen molar-refractivity contribution in [1.82, 2.24) is 0 Å². The summed E-state index contributed by atoms with van der Waals surface area (Å²) in [4.78, 5) is 2.37. The van der Waals surface area contributed by atoms with Crippen molar-refractivity contribution in [2.24, 2.45) is 11.1 Å². The van der Waals surface area contributed by atoms with E-state index in [1.807, 2.05) is 12.1 Å². The first-order valence-electron chi connectivity index (χ1n) is 6.70. The van der Waals surface area contributed by atoms with Crippen LogP contribution in [0, 0.1) is 5.41 Å². The summed E-state index contributed by atoms with van der Waals surface area (Å²) in [5.41, 5.74) is 7.48. The fourth-order valence-corrected chi connectivity index (χ4v) is 2.62. The Morgan fingerprint density at radius 2 is 1.89 bits per heavy atom. The van der Waals surface area contributed by atoms with Gasteiger partial charge in [-0.1, -0.05) is 13.8 Å². The lowest BCUT2D eigenvalue weighted by molar-refractivity contribution is 0.245. The van der Waals surface area contributed by atoms with E-state index in [9.17, 15) is 0 Å². The van der Waals surface area contributed by atoms with E-state index in [-0.39, 0.29) is 11.5 Å². The van der Waals surface area contributed by atoms with Gasteiger partial charge in [-0.2, -0.15) is 0 Å². The van der Waals surface area contributed by atoms with Gasteiger partial charge in [0.15, 0.2) is 11.5 Å². The maximum absolute atomic E-state index is 6.18. The van der Waals surface area contributed by atoms with Gasteiger partial charge in [-0.3, -0.25) is 0 Å². The molecule has 1 unspecified atom stereocenters. The molecule has 4 nitrogen and oxygen atoms in total. The summed E-state index contributed by atoms with van der Waals surface area (Å²) in [7, 11) is 3.32. The molecule has 0 bridgehead atoms. The largest absolute Gasteiger partial charge is 0.493 e. The second-order valence-corrected chi connectivity index (χ2v) is 5.84. The third-order valence-corrected chi connectivity index (χ3v) is 4.04. The molecule has 19 heavy (non-hydrogen) atoms. The van der Waals surface area contributed by atoms with Crippen molar-refractivity contribution in [3.05, 3.63) is 18.2 Å². The molecule has 1 aliphatic heterocycles. The van der Waals surface area contributed by atoms with E-state index in [2.05, 4.69) is 24.8 Å². The van der Waals surface area contributed by atoms with Gasteiger partial charge in [-0.05, 0) is 24.0 Å². The van der Waals surface area contributed by atoms with Crippen LogP contribution < -0.4 is 20.1 Å². The highest BCUT2D eigenvalue weighted by Gasteiger charge is 2.33. The molecule has 0 radical (unpaired) electrons. The van der Waals surface area contributed by atoms with Crippen molar-refractivity contribution < 1.29 is 9.47 Å². The molecule has 1 aliphatic rings. The average Bonchev–Trinajstić information content (AvgIpc) is 2.41. The van der Waals surface area contributed by atoms with Gasteiger partial charge in [0, 0.05) is 30.9 Å². The van der Waals surface area contributed by atoms with Gasteiger partial charge in [-0.15, -0.1) is 0 Å². The average molecular weight is 264 g/mol. The van der Waals surface area contributed by atoms with Crippen molar-refractivity contribution in [1.29, 1.82) is 0 Å². The fraction of sp³-hybridized carbons (Fsp3) is 0.600. The summed E-state index contributed by atoms with van der Waals surface area (Å²) in [6.07, 6.45) is 1.02. The van der Waals surface area contributed by atoms with Gasteiger partial charge in [-0.25, -0.2) is 0 Å². The number of piperidine rings is 1. The molecule has 2 N–H and O–H groups in total. The van der Waals surface area contributed by atoms with E-state index in [0.717, 1.165) is 36.7 Å². The highest BCUT2D eigenvalue weighted by Crippen LogP contribution is 2.35. The zero-order valence-electron chi connectivity index (χ0n) is 12.3. The lowest BCUT2D eigenvalue weighted by atomic mass is 9.79. The number of methoxy groups -OCH3 is 2. The van der Waals surface area contributed by atoms with Gasteiger partial charge in [0.05, 0.1) is 14.2 Å². The molecule has 0 amide bonds. The second-order valence-electron chi connectivity index (χ2n) is 5.84. The molecular weight excluding hydrogens is 240 g/mol. The van der Waals surface area contributed by atoms with Gasteiger partial charge in [0.2, 0.25) is 0 Å². The normalized spacial score (nSPS) is 22.2. The summed E-state index contributed by atoms with van der Waals surface area (Å²) >= 11 is 0. The van der Waals surface area contributed by atoms with Crippen molar-refractivity contribution in [3.8, 4) is 11.5 Å². The second kappa shape index (κ2) is 5.29. The molecule has 0 aromatic heterocycles. The first-order chi connectivity index (χ1) is 8.97. The van der Waals surface area contributed by atoms with E-state index >= 15 is 0 Å². The summed E-state index contributed by atoms with van der Waals surface area (Å²) in [6.45, 7) is 6.40. The topological polar surface area (TPSA) is 47.7 Å². The maximum Gasteiger partial charge on any atom is 0.162 e. The van der Waals surface area contributed by atoms with Crippen LogP contribution in [0.15, 0.2) is 18.2 Å². The number of anilines is 1. The molecule has 1 heterocycles. The molecule has 1 aromatic carbocycles. The Morgan fingerprint density at radius 3 is 2.47 bits per heavy atom. The van der Waals surface area contributed by atoms with Crippen LogP contribution in [-0.2, 0) is 0 Å². The SMILES string of the molecule is COc1ccc(N2CCC(N)C(C)(C)C2)cc1OC. The summed E-state index contributed by atoms with van der Waals surface area (Å²) < 4.78 is 10.6. The Hall–Kier alpha value is -1.42. The van der Waals surface area contributed by atoms with Crippen LogP contribution >= 0.6 is 0 Å². The van der Waals surface area contributed by atoms with Gasteiger partial charge in [0.1, 0.15) is 0 Å². The van der Waals surface area contributed by atoms with Gasteiger partial charge in [0.25, 0.3) is 0 Å². The molecule has 0 saturated carbocycles. The smallest absolute Gasteiger partial charge is 0.162 e. The Morgan fingerprint density at radius 1 is 1.21 bits per heavy atom. The summed E-state index contributed by atoms with van der Waals surface area (Å²) in [5.74, 6) is 1.53. The molecule has 1 atom stereocenters. The zero-order chi connectivity index (χ0) is 14.0. The Labute approximate surface area is 115 Å². The predicted octanol–water partition coefficient (Wildman–Crippen LogP) is 2.27. The van der Waals surface area contributed by atoms with E-state index < -0.39 is 0 Å². The number of nitrogens with two attached hydrogens (primary N) is 1. The van der Waals surface area contributed by atoms with Crippen LogP contribution in [0.1, 0.15) is 20.3 Å². The number of rotatable bonds is 3. The first-order valence-corrected chi connectivity index (χ1v) is 6.70. The van der Waals surface area contributed by atoms with Crippen LogP contribution in [0.3, 0.4) is 0 Å². The van der Waals surface area contributed by atoms with E-state index in [0.29, 0.717) is 0 Å². The van der Waals surface area contributed by atoms with E-state index in [1.54, 1.807) is 14.2 Å². The van der Waals surface area contributed by atoms with Crippen LogP contribution in [0.2, 0.25) is 0 Å². The molecular formula is C15H24N2O2. The molecule has 106 valence electrons. The van der Waals surface area contributed by atoms with E-state index in [4.69, 9.17) is 15.2 Å². The van der Waals surface area contributed by atoms with Crippen LogP contribution in [0.25, 0.3) is 0 Å². The monoisotopic (exact) mass is 264 g/mol. The highest BCUT2D eigenvalue weighted by molar-refractivity contribution is 5.56. The van der Waals surface area contributed by atoms with Crippen molar-refractivity contribution in [2.75, 3.05) is 32.2 Å². The molecule has 1 fully saturated rings. The standard InChI is InChI=1S/C15H24N2O2/c1-15(2)10-17(8-7-14(15)16)11-5-6-12(18-3)13(9-11)19-4/h5-6,9,14H,7-8,10,16H2,1-4H3. The number of ether oxygens (including phenoxy) is 2. The minimum atomic E-state index is 0.130. The molecule has 0 spiro atoms.